The average Bonchev–Trinajstić information content (AvgIpc) is 2.84. The van der Waals surface area contributed by atoms with E-state index >= 15 is 0 Å². The first-order chi connectivity index (χ1) is 16.1. The Bertz CT molecular complexity index is 1000. The van der Waals surface area contributed by atoms with Crippen LogP contribution in [0.15, 0.2) is 59.5 Å². The quantitative estimate of drug-likeness (QED) is 0.151. The Morgan fingerprint density at radius 2 is 1.62 bits per heavy atom. The number of ether oxygens (including phenoxy) is 1. The van der Waals surface area contributed by atoms with Crippen LogP contribution in [0.5, 0.6) is 5.75 Å². The molecule has 0 saturated heterocycles. The van der Waals surface area contributed by atoms with Crippen molar-refractivity contribution in [2.24, 2.45) is 0 Å². The molecule has 11 heteroatoms. The van der Waals surface area contributed by atoms with Crippen molar-refractivity contribution in [1.29, 1.82) is 0 Å². The molecule has 0 bridgehead atoms. The molecule has 0 aliphatic carbocycles. The van der Waals surface area contributed by atoms with Gasteiger partial charge in [-0.2, -0.15) is 0 Å². The molecule has 0 aliphatic rings. The van der Waals surface area contributed by atoms with Gasteiger partial charge in [0.1, 0.15) is 9.80 Å². The number of nitrogens with zero attached hydrogens (tertiary/aromatic N) is 2. The van der Waals surface area contributed by atoms with Gasteiger partial charge in [-0.1, -0.05) is 71.2 Å². The van der Waals surface area contributed by atoms with E-state index in [1.54, 1.807) is 24.3 Å². The van der Waals surface area contributed by atoms with Gasteiger partial charge >= 0.3 is 6.09 Å². The van der Waals surface area contributed by atoms with Crippen LogP contribution in [0.1, 0.15) is 36.3 Å². The first kappa shape index (κ1) is 28.3. The first-order valence-corrected chi connectivity index (χ1v) is 13.5. The highest BCUT2D eigenvalue weighted by Crippen LogP contribution is 2.28. The third-order valence-electron chi connectivity index (χ3n) is 5.16. The van der Waals surface area contributed by atoms with Crippen molar-refractivity contribution in [2.45, 2.75) is 47.8 Å². The first-order valence-electron chi connectivity index (χ1n) is 10.8. The van der Waals surface area contributed by atoms with Gasteiger partial charge in [0.2, 0.25) is 0 Å². The molecule has 2 rings (SSSR count). The van der Waals surface area contributed by atoms with Crippen LogP contribution in [0, 0.1) is 0 Å². The number of benzene rings is 2. The highest BCUT2D eigenvalue weighted by molar-refractivity contribution is 14.1. The molecule has 2 atom stereocenters. The summed E-state index contributed by atoms with van der Waals surface area (Å²) < 4.78 is 31.9. The van der Waals surface area contributed by atoms with Crippen LogP contribution in [0.4, 0.5) is 4.79 Å². The minimum Gasteiger partial charge on any atom is -0.497 e. The van der Waals surface area contributed by atoms with E-state index in [2.05, 4.69) is 0 Å². The number of hydroxylamine groups is 1. The second-order valence-electron chi connectivity index (χ2n) is 7.55. The number of carbonyl (C=O) groups is 1. The molecule has 2 aromatic carbocycles. The van der Waals surface area contributed by atoms with Gasteiger partial charge in [-0.05, 0) is 42.7 Å². The number of aliphatic hydroxyl groups is 1. The van der Waals surface area contributed by atoms with E-state index in [1.807, 2.05) is 42.5 Å². The Balaban J connectivity index is 2.27. The van der Waals surface area contributed by atoms with Gasteiger partial charge in [0, 0.05) is 0 Å². The third-order valence-corrected chi connectivity index (χ3v) is 8.19. The van der Waals surface area contributed by atoms with E-state index in [0.717, 1.165) is 14.9 Å². The number of halogens is 1. The SMILES string of the molecule is CCC(CC)ON(CC(O)CN(C(=O)O)C(I)c1ccccc1)S(=O)(=O)c1ccc(OC)cc1. The maximum atomic E-state index is 13.3. The standard InChI is InChI=1S/C23H31IN2O7S/c1-4-19(5-2)33-26(34(30,31)21-13-11-20(32-3)12-14-21)16-18(27)15-25(23(28)29)22(24)17-9-7-6-8-10-17/h6-14,18-19,22,27H,4-5,15-16H2,1-3H3,(H,28,29). The molecule has 0 saturated carbocycles. The minimum atomic E-state index is -4.14. The molecule has 9 nitrogen and oxygen atoms in total. The van der Waals surface area contributed by atoms with Gasteiger partial charge in [-0.15, -0.1) is 0 Å². The van der Waals surface area contributed by atoms with E-state index in [0.29, 0.717) is 18.6 Å². The molecule has 1 amide bonds. The number of sulfonamides is 1. The van der Waals surface area contributed by atoms with Crippen LogP contribution in [0.25, 0.3) is 0 Å². The number of aliphatic hydroxyl groups excluding tert-OH is 1. The van der Waals surface area contributed by atoms with Crippen molar-refractivity contribution < 1.29 is 33.0 Å². The Labute approximate surface area is 214 Å². The summed E-state index contributed by atoms with van der Waals surface area (Å²) >= 11 is 1.97. The van der Waals surface area contributed by atoms with Gasteiger partial charge in [0.05, 0.1) is 37.3 Å². The van der Waals surface area contributed by atoms with Crippen LogP contribution in [-0.4, -0.2) is 66.5 Å². The zero-order chi connectivity index (χ0) is 25.3. The van der Waals surface area contributed by atoms with Crippen LogP contribution < -0.4 is 4.74 Å². The van der Waals surface area contributed by atoms with Crippen LogP contribution in [0.3, 0.4) is 0 Å². The molecule has 2 unspecified atom stereocenters. The number of hydrogen-bond donors (Lipinski definition) is 2. The Kier molecular flexibility index (Phi) is 11.0. The molecule has 0 aromatic heterocycles. The lowest BCUT2D eigenvalue weighted by Gasteiger charge is -2.31. The summed E-state index contributed by atoms with van der Waals surface area (Å²) in [6.07, 6.45) is -1.83. The van der Waals surface area contributed by atoms with E-state index in [1.165, 1.54) is 31.4 Å². The zero-order valence-corrected chi connectivity index (χ0v) is 22.3. The number of hydrogen-bond acceptors (Lipinski definition) is 6. The molecule has 0 heterocycles. The molecule has 0 fully saturated rings. The monoisotopic (exact) mass is 606 g/mol. The molecular formula is C23H31IN2O7S. The van der Waals surface area contributed by atoms with Gasteiger partial charge in [0.25, 0.3) is 10.0 Å². The second kappa shape index (κ2) is 13.2. The Morgan fingerprint density at radius 3 is 2.12 bits per heavy atom. The van der Waals surface area contributed by atoms with Crippen LogP contribution in [-0.2, 0) is 14.9 Å². The van der Waals surface area contributed by atoms with Gasteiger partial charge < -0.3 is 14.9 Å². The Hall–Kier alpha value is -1.93. The number of methoxy groups -OCH3 is 1. The molecule has 2 N–H and O–H groups in total. The maximum absolute atomic E-state index is 13.3. The summed E-state index contributed by atoms with van der Waals surface area (Å²) in [5.41, 5.74) is 0.744. The number of amides is 1. The summed E-state index contributed by atoms with van der Waals surface area (Å²) in [7, 11) is -2.66. The fourth-order valence-corrected chi connectivity index (χ4v) is 5.38. The molecule has 34 heavy (non-hydrogen) atoms. The number of alkyl halides is 1. The summed E-state index contributed by atoms with van der Waals surface area (Å²) in [5.74, 6) is 0.498. The normalized spacial score (nSPS) is 13.6. The number of carboxylic acid groups (broad SMARTS) is 1. The lowest BCUT2D eigenvalue weighted by molar-refractivity contribution is -0.148. The molecule has 0 radical (unpaired) electrons. The highest BCUT2D eigenvalue weighted by Gasteiger charge is 2.32. The van der Waals surface area contributed by atoms with Crippen LogP contribution in [0.2, 0.25) is 0 Å². The second-order valence-corrected chi connectivity index (χ2v) is 10.6. The predicted octanol–water partition coefficient (Wildman–Crippen LogP) is 4.28. The fraction of sp³-hybridized carbons (Fsp3) is 0.435. The minimum absolute atomic E-state index is 0.0300. The summed E-state index contributed by atoms with van der Waals surface area (Å²) in [5, 5.41) is 20.5. The summed E-state index contributed by atoms with van der Waals surface area (Å²) in [6, 6.07) is 14.8. The molecular weight excluding hydrogens is 575 g/mol. The largest absolute Gasteiger partial charge is 0.497 e. The van der Waals surface area contributed by atoms with Crippen molar-refractivity contribution in [3.63, 3.8) is 0 Å². The van der Waals surface area contributed by atoms with Gasteiger partial charge in [-0.25, -0.2) is 13.2 Å². The van der Waals surface area contributed by atoms with Crippen molar-refractivity contribution in [3.05, 3.63) is 60.2 Å². The predicted molar refractivity (Wildman–Crippen MR) is 136 cm³/mol. The van der Waals surface area contributed by atoms with Crippen molar-refractivity contribution >= 4 is 38.7 Å². The summed E-state index contributed by atoms with van der Waals surface area (Å²) in [4.78, 5) is 18.7. The number of rotatable bonds is 13. The molecule has 0 spiro atoms. The molecule has 0 aliphatic heterocycles. The average molecular weight is 606 g/mol. The lowest BCUT2D eigenvalue weighted by atomic mass is 10.2. The van der Waals surface area contributed by atoms with Crippen molar-refractivity contribution in [2.75, 3.05) is 20.2 Å². The van der Waals surface area contributed by atoms with Gasteiger partial charge in [0.15, 0.2) is 0 Å². The third kappa shape index (κ3) is 7.54. The topological polar surface area (TPSA) is 117 Å². The van der Waals surface area contributed by atoms with Crippen molar-refractivity contribution in [3.8, 4) is 5.75 Å². The molecule has 2 aromatic rings. The van der Waals surface area contributed by atoms with Crippen molar-refractivity contribution in [1.82, 2.24) is 9.37 Å². The van der Waals surface area contributed by atoms with E-state index in [4.69, 9.17) is 9.57 Å². The Morgan fingerprint density at radius 1 is 1.03 bits per heavy atom. The summed E-state index contributed by atoms with van der Waals surface area (Å²) in [6.45, 7) is 3.00. The van der Waals surface area contributed by atoms with E-state index < -0.39 is 38.9 Å². The fourth-order valence-electron chi connectivity index (χ4n) is 3.18. The van der Waals surface area contributed by atoms with E-state index in [-0.39, 0.29) is 11.4 Å². The van der Waals surface area contributed by atoms with Gasteiger partial charge in [-0.3, -0.25) is 9.74 Å². The maximum Gasteiger partial charge on any atom is 0.408 e. The van der Waals surface area contributed by atoms with E-state index in [9.17, 15) is 23.4 Å². The molecule has 188 valence electrons. The lowest BCUT2D eigenvalue weighted by Crippen LogP contribution is -2.45. The smallest absolute Gasteiger partial charge is 0.408 e. The zero-order valence-electron chi connectivity index (χ0n) is 19.4. The van der Waals surface area contributed by atoms with Crippen LogP contribution >= 0.6 is 22.6 Å². The highest BCUT2D eigenvalue weighted by atomic mass is 127.